The number of aliphatic hydroxyl groups is 1. The number of aliphatic hydroxyl groups excluding tert-OH is 1. The second-order valence-electron chi connectivity index (χ2n) is 4.16. The van der Waals surface area contributed by atoms with Crippen molar-refractivity contribution >= 4 is 0 Å². The van der Waals surface area contributed by atoms with Gasteiger partial charge in [-0.15, -0.1) is 0 Å². The summed E-state index contributed by atoms with van der Waals surface area (Å²) in [5.41, 5.74) is 2.01. The highest BCUT2D eigenvalue weighted by molar-refractivity contribution is 5.23. The van der Waals surface area contributed by atoms with E-state index in [2.05, 4.69) is 5.10 Å². The lowest BCUT2D eigenvalue weighted by Crippen LogP contribution is -2.07. The summed E-state index contributed by atoms with van der Waals surface area (Å²) in [7, 11) is 1.86. The molecule has 0 aliphatic carbocycles. The Morgan fingerprint density at radius 3 is 2.59 bits per heavy atom. The first-order valence-corrected chi connectivity index (χ1v) is 5.53. The number of nitrogens with zero attached hydrogens (tertiary/aromatic N) is 2. The fourth-order valence-corrected chi connectivity index (χ4v) is 1.88. The van der Waals surface area contributed by atoms with Crippen molar-refractivity contribution in [2.24, 2.45) is 7.05 Å². The molecular formula is C13H15FN2O. The maximum Gasteiger partial charge on any atom is 0.123 e. The van der Waals surface area contributed by atoms with Gasteiger partial charge >= 0.3 is 0 Å². The lowest BCUT2D eigenvalue weighted by atomic mass is 9.94. The van der Waals surface area contributed by atoms with E-state index in [1.807, 2.05) is 13.2 Å². The number of aryl methyl sites for hydroxylation is 1. The predicted molar refractivity (Wildman–Crippen MR) is 63.1 cm³/mol. The molecule has 0 aliphatic heterocycles. The quantitative estimate of drug-likeness (QED) is 0.877. The van der Waals surface area contributed by atoms with E-state index in [-0.39, 0.29) is 18.3 Å². The van der Waals surface area contributed by atoms with Crippen molar-refractivity contribution in [2.75, 3.05) is 6.61 Å². The minimum Gasteiger partial charge on any atom is -0.396 e. The van der Waals surface area contributed by atoms with Crippen LogP contribution in [0.5, 0.6) is 0 Å². The Morgan fingerprint density at radius 2 is 2.06 bits per heavy atom. The van der Waals surface area contributed by atoms with Gasteiger partial charge in [-0.25, -0.2) is 4.39 Å². The van der Waals surface area contributed by atoms with Crippen molar-refractivity contribution in [1.29, 1.82) is 0 Å². The summed E-state index contributed by atoms with van der Waals surface area (Å²) >= 11 is 0. The topological polar surface area (TPSA) is 38.0 Å². The van der Waals surface area contributed by atoms with Crippen LogP contribution in [0.25, 0.3) is 0 Å². The summed E-state index contributed by atoms with van der Waals surface area (Å²) in [6.07, 6.45) is 4.41. The van der Waals surface area contributed by atoms with E-state index in [1.165, 1.54) is 12.1 Å². The van der Waals surface area contributed by atoms with Crippen LogP contribution >= 0.6 is 0 Å². The molecule has 90 valence electrons. The summed E-state index contributed by atoms with van der Waals surface area (Å²) in [6.45, 7) is 0.0422. The minimum atomic E-state index is -0.258. The molecule has 2 aromatic rings. The molecule has 0 aliphatic rings. The smallest absolute Gasteiger partial charge is 0.123 e. The van der Waals surface area contributed by atoms with Gasteiger partial charge in [-0.2, -0.15) is 5.10 Å². The zero-order chi connectivity index (χ0) is 12.3. The molecule has 3 nitrogen and oxygen atoms in total. The van der Waals surface area contributed by atoms with Crippen LogP contribution in [0.1, 0.15) is 17.0 Å². The fourth-order valence-electron chi connectivity index (χ4n) is 1.88. The van der Waals surface area contributed by atoms with E-state index < -0.39 is 0 Å². The van der Waals surface area contributed by atoms with Gasteiger partial charge in [0.2, 0.25) is 0 Å². The first kappa shape index (κ1) is 11.8. The standard InChI is InChI=1S/C13H15FN2O/c1-16-8-10(7-15-16)6-12(9-17)11-2-4-13(14)5-3-11/h2-5,7-8,12,17H,6,9H2,1H3. The van der Waals surface area contributed by atoms with Gasteiger partial charge in [0.15, 0.2) is 0 Å². The van der Waals surface area contributed by atoms with Crippen LogP contribution in [-0.2, 0) is 13.5 Å². The van der Waals surface area contributed by atoms with E-state index in [0.29, 0.717) is 6.42 Å². The molecule has 1 heterocycles. The highest BCUT2D eigenvalue weighted by atomic mass is 19.1. The zero-order valence-corrected chi connectivity index (χ0v) is 9.68. The molecule has 0 saturated heterocycles. The predicted octanol–water partition coefficient (Wildman–Crippen LogP) is 1.88. The molecule has 4 heteroatoms. The van der Waals surface area contributed by atoms with Crippen LogP contribution < -0.4 is 0 Å². The first-order chi connectivity index (χ1) is 8.19. The number of hydrogen-bond donors (Lipinski definition) is 1. The number of benzene rings is 1. The van der Waals surface area contributed by atoms with Crippen molar-refractivity contribution in [3.63, 3.8) is 0 Å². The van der Waals surface area contributed by atoms with Crippen LogP contribution in [0.3, 0.4) is 0 Å². The van der Waals surface area contributed by atoms with E-state index in [1.54, 1.807) is 23.0 Å². The third kappa shape index (κ3) is 2.91. The molecule has 1 aromatic carbocycles. The largest absolute Gasteiger partial charge is 0.396 e. The lowest BCUT2D eigenvalue weighted by Gasteiger charge is -2.13. The second kappa shape index (κ2) is 5.10. The average Bonchev–Trinajstić information content (AvgIpc) is 2.73. The van der Waals surface area contributed by atoms with E-state index in [4.69, 9.17) is 0 Å². The molecule has 0 amide bonds. The van der Waals surface area contributed by atoms with Crippen LogP contribution in [-0.4, -0.2) is 21.5 Å². The Labute approximate surface area is 99.5 Å². The van der Waals surface area contributed by atoms with Crippen LogP contribution in [0, 0.1) is 5.82 Å². The highest BCUT2D eigenvalue weighted by Crippen LogP contribution is 2.20. The van der Waals surface area contributed by atoms with Gasteiger partial charge in [0.1, 0.15) is 5.82 Å². The van der Waals surface area contributed by atoms with Crippen LogP contribution in [0.2, 0.25) is 0 Å². The molecule has 2 rings (SSSR count). The maximum absolute atomic E-state index is 12.8. The van der Waals surface area contributed by atoms with E-state index >= 15 is 0 Å². The van der Waals surface area contributed by atoms with Crippen molar-refractivity contribution in [2.45, 2.75) is 12.3 Å². The molecule has 0 spiro atoms. The molecule has 0 fully saturated rings. The summed E-state index contributed by atoms with van der Waals surface area (Å²) in [5.74, 6) is -0.272. The monoisotopic (exact) mass is 234 g/mol. The van der Waals surface area contributed by atoms with Gasteiger partial charge in [0.05, 0.1) is 12.8 Å². The van der Waals surface area contributed by atoms with Crippen LogP contribution in [0.4, 0.5) is 4.39 Å². The number of halogens is 1. The number of hydrogen-bond acceptors (Lipinski definition) is 2. The summed E-state index contributed by atoms with van der Waals surface area (Å²) in [5, 5.41) is 13.5. The molecule has 17 heavy (non-hydrogen) atoms. The Morgan fingerprint density at radius 1 is 1.35 bits per heavy atom. The minimum absolute atomic E-state index is 0.0141. The summed E-state index contributed by atoms with van der Waals surface area (Å²) in [6, 6.07) is 6.27. The molecule has 0 radical (unpaired) electrons. The van der Waals surface area contributed by atoms with Crippen molar-refractivity contribution in [1.82, 2.24) is 9.78 Å². The lowest BCUT2D eigenvalue weighted by molar-refractivity contribution is 0.264. The van der Waals surface area contributed by atoms with Crippen molar-refractivity contribution < 1.29 is 9.50 Å². The van der Waals surface area contributed by atoms with Gasteiger partial charge in [-0.05, 0) is 29.7 Å². The normalized spacial score (nSPS) is 12.6. The van der Waals surface area contributed by atoms with Crippen molar-refractivity contribution in [3.8, 4) is 0 Å². The Kier molecular flexibility index (Phi) is 3.54. The van der Waals surface area contributed by atoms with Gasteiger partial charge < -0.3 is 5.11 Å². The molecular weight excluding hydrogens is 219 g/mol. The number of rotatable bonds is 4. The Bertz CT molecular complexity index is 478. The average molecular weight is 234 g/mol. The first-order valence-electron chi connectivity index (χ1n) is 5.53. The maximum atomic E-state index is 12.8. The van der Waals surface area contributed by atoms with Gasteiger partial charge in [-0.1, -0.05) is 12.1 Å². The second-order valence-corrected chi connectivity index (χ2v) is 4.16. The van der Waals surface area contributed by atoms with Crippen molar-refractivity contribution in [3.05, 3.63) is 53.6 Å². The van der Waals surface area contributed by atoms with Gasteiger partial charge in [0.25, 0.3) is 0 Å². The van der Waals surface area contributed by atoms with E-state index in [9.17, 15) is 9.50 Å². The molecule has 1 atom stereocenters. The van der Waals surface area contributed by atoms with Gasteiger partial charge in [0, 0.05) is 19.2 Å². The number of aromatic nitrogens is 2. The molecule has 1 N–H and O–H groups in total. The SMILES string of the molecule is Cn1cc(CC(CO)c2ccc(F)cc2)cn1. The molecule has 1 unspecified atom stereocenters. The molecule has 0 bridgehead atoms. The third-order valence-corrected chi connectivity index (χ3v) is 2.80. The summed E-state index contributed by atoms with van der Waals surface area (Å²) in [4.78, 5) is 0. The van der Waals surface area contributed by atoms with E-state index in [0.717, 1.165) is 11.1 Å². The third-order valence-electron chi connectivity index (χ3n) is 2.80. The Hall–Kier alpha value is -1.68. The molecule has 0 saturated carbocycles. The summed E-state index contributed by atoms with van der Waals surface area (Å²) < 4.78 is 14.5. The van der Waals surface area contributed by atoms with Gasteiger partial charge in [-0.3, -0.25) is 4.68 Å². The zero-order valence-electron chi connectivity index (χ0n) is 9.68. The fraction of sp³-hybridized carbons (Fsp3) is 0.308. The molecule has 1 aromatic heterocycles. The van der Waals surface area contributed by atoms with Crippen LogP contribution in [0.15, 0.2) is 36.7 Å². The Balaban J connectivity index is 2.13. The highest BCUT2D eigenvalue weighted by Gasteiger charge is 2.12.